The Labute approximate surface area is 117 Å². The molecule has 0 spiro atoms. The summed E-state index contributed by atoms with van der Waals surface area (Å²) >= 11 is 3.46. The van der Waals surface area contributed by atoms with Crippen LogP contribution in [-0.2, 0) is 4.79 Å². The third-order valence-electron chi connectivity index (χ3n) is 2.91. The number of nitrogens with one attached hydrogen (secondary N) is 2. The highest BCUT2D eigenvalue weighted by Crippen LogP contribution is 2.22. The van der Waals surface area contributed by atoms with Crippen LogP contribution in [0.25, 0.3) is 0 Å². The fourth-order valence-electron chi connectivity index (χ4n) is 1.72. The highest BCUT2D eigenvalue weighted by molar-refractivity contribution is 9.10. The van der Waals surface area contributed by atoms with E-state index in [2.05, 4.69) is 40.4 Å². The maximum absolute atomic E-state index is 11.8. The first-order valence-corrected chi connectivity index (χ1v) is 7.15. The quantitative estimate of drug-likeness (QED) is 0.844. The van der Waals surface area contributed by atoms with Crippen molar-refractivity contribution in [2.24, 2.45) is 0 Å². The molecule has 1 aromatic rings. The first kappa shape index (κ1) is 15.0. The van der Waals surface area contributed by atoms with Gasteiger partial charge in [-0.2, -0.15) is 0 Å². The molecule has 0 bridgehead atoms. The minimum Gasteiger partial charge on any atom is -0.375 e. The number of rotatable bonds is 6. The molecule has 0 atom stereocenters. The lowest BCUT2D eigenvalue weighted by atomic mass is 10.2. The second-order valence-electron chi connectivity index (χ2n) is 4.42. The maximum atomic E-state index is 11.8. The average Bonchev–Trinajstić information content (AvgIpc) is 2.37. The topological polar surface area (TPSA) is 41.1 Å². The first-order chi connectivity index (χ1) is 8.56. The fourth-order valence-corrected chi connectivity index (χ4v) is 2.11. The van der Waals surface area contributed by atoms with E-state index in [0.717, 1.165) is 23.0 Å². The molecule has 0 aromatic heterocycles. The zero-order valence-corrected chi connectivity index (χ0v) is 12.8. The van der Waals surface area contributed by atoms with Crippen LogP contribution < -0.4 is 10.6 Å². The van der Waals surface area contributed by atoms with Crippen molar-refractivity contribution in [1.29, 1.82) is 0 Å². The van der Waals surface area contributed by atoms with Gasteiger partial charge in [0.05, 0.1) is 6.54 Å². The van der Waals surface area contributed by atoms with Gasteiger partial charge in [-0.15, -0.1) is 0 Å². The van der Waals surface area contributed by atoms with Crippen LogP contribution >= 0.6 is 15.9 Å². The van der Waals surface area contributed by atoms with Gasteiger partial charge in [-0.1, -0.05) is 19.9 Å². The summed E-state index contributed by atoms with van der Waals surface area (Å²) in [7, 11) is 0. The Bertz CT molecular complexity index is 403. The van der Waals surface area contributed by atoms with Crippen LogP contribution in [0.5, 0.6) is 0 Å². The minimum absolute atomic E-state index is 0.0390. The van der Waals surface area contributed by atoms with Gasteiger partial charge < -0.3 is 10.6 Å². The number of anilines is 1. The van der Waals surface area contributed by atoms with Gasteiger partial charge in [0, 0.05) is 16.2 Å². The molecule has 1 aromatic carbocycles. The summed E-state index contributed by atoms with van der Waals surface area (Å²) in [5.41, 5.74) is 2.12. The molecule has 0 aliphatic heterocycles. The molecule has 100 valence electrons. The predicted octanol–water partition coefficient (Wildman–Crippen LogP) is 3.47. The van der Waals surface area contributed by atoms with Gasteiger partial charge in [-0.3, -0.25) is 4.79 Å². The normalized spacial score (nSPS) is 10.5. The highest BCUT2D eigenvalue weighted by Gasteiger charge is 2.08. The van der Waals surface area contributed by atoms with Crippen molar-refractivity contribution in [2.45, 2.75) is 39.7 Å². The summed E-state index contributed by atoms with van der Waals surface area (Å²) in [5, 5.41) is 6.15. The molecule has 2 N–H and O–H groups in total. The van der Waals surface area contributed by atoms with Crippen LogP contribution in [-0.4, -0.2) is 18.5 Å². The van der Waals surface area contributed by atoms with Crippen LogP contribution in [0.3, 0.4) is 0 Å². The van der Waals surface area contributed by atoms with Gasteiger partial charge in [0.25, 0.3) is 0 Å². The van der Waals surface area contributed by atoms with Gasteiger partial charge >= 0.3 is 0 Å². The van der Waals surface area contributed by atoms with Crippen LogP contribution in [0, 0.1) is 6.92 Å². The second-order valence-corrected chi connectivity index (χ2v) is 5.27. The SMILES string of the molecule is CCC(CC)NC(=O)CNc1cc(C)ccc1Br. The monoisotopic (exact) mass is 312 g/mol. The fraction of sp³-hybridized carbons (Fsp3) is 0.500. The summed E-state index contributed by atoms with van der Waals surface area (Å²) in [5.74, 6) is 0.0390. The molecule has 18 heavy (non-hydrogen) atoms. The Hall–Kier alpha value is -1.03. The number of hydrogen-bond donors (Lipinski definition) is 2. The van der Waals surface area contributed by atoms with Gasteiger partial charge in [-0.25, -0.2) is 0 Å². The molecule has 0 saturated carbocycles. The predicted molar refractivity (Wildman–Crippen MR) is 79.9 cm³/mol. The summed E-state index contributed by atoms with van der Waals surface area (Å²) < 4.78 is 0.975. The van der Waals surface area contributed by atoms with E-state index in [1.807, 2.05) is 25.1 Å². The van der Waals surface area contributed by atoms with E-state index < -0.39 is 0 Å². The summed E-state index contributed by atoms with van der Waals surface area (Å²) in [6.45, 7) is 6.50. The van der Waals surface area contributed by atoms with Crippen molar-refractivity contribution in [3.8, 4) is 0 Å². The molecule has 0 aliphatic carbocycles. The van der Waals surface area contributed by atoms with E-state index in [4.69, 9.17) is 0 Å². The van der Waals surface area contributed by atoms with E-state index in [1.165, 1.54) is 5.56 Å². The lowest BCUT2D eigenvalue weighted by Gasteiger charge is -2.15. The number of aryl methyl sites for hydroxylation is 1. The van der Waals surface area contributed by atoms with Crippen LogP contribution in [0.1, 0.15) is 32.3 Å². The molecule has 1 amide bonds. The van der Waals surface area contributed by atoms with E-state index in [-0.39, 0.29) is 11.9 Å². The van der Waals surface area contributed by atoms with Crippen LogP contribution in [0.2, 0.25) is 0 Å². The lowest BCUT2D eigenvalue weighted by Crippen LogP contribution is -2.37. The highest BCUT2D eigenvalue weighted by atomic mass is 79.9. The molecular weight excluding hydrogens is 292 g/mol. The molecule has 0 radical (unpaired) electrons. The van der Waals surface area contributed by atoms with Crippen molar-refractivity contribution in [1.82, 2.24) is 5.32 Å². The molecule has 0 aliphatic rings. The number of halogens is 1. The Kier molecular flexibility index (Phi) is 6.19. The maximum Gasteiger partial charge on any atom is 0.239 e. The molecule has 4 heteroatoms. The molecule has 0 fully saturated rings. The van der Waals surface area contributed by atoms with Gasteiger partial charge in [0.2, 0.25) is 5.91 Å². The van der Waals surface area contributed by atoms with Gasteiger partial charge in [0.15, 0.2) is 0 Å². The molecular formula is C14H21BrN2O. The smallest absolute Gasteiger partial charge is 0.239 e. The van der Waals surface area contributed by atoms with Crippen LogP contribution in [0.15, 0.2) is 22.7 Å². The van der Waals surface area contributed by atoms with Crippen molar-refractivity contribution in [3.63, 3.8) is 0 Å². The molecule has 0 saturated heterocycles. The Morgan fingerprint density at radius 3 is 2.61 bits per heavy atom. The van der Waals surface area contributed by atoms with Gasteiger partial charge in [0.1, 0.15) is 0 Å². The van der Waals surface area contributed by atoms with E-state index in [1.54, 1.807) is 0 Å². The van der Waals surface area contributed by atoms with E-state index >= 15 is 0 Å². The standard InChI is InChI=1S/C14H21BrN2O/c1-4-11(5-2)17-14(18)9-16-13-8-10(3)6-7-12(13)15/h6-8,11,16H,4-5,9H2,1-3H3,(H,17,18). The van der Waals surface area contributed by atoms with Crippen molar-refractivity contribution < 1.29 is 4.79 Å². The Morgan fingerprint density at radius 1 is 1.33 bits per heavy atom. The second kappa shape index (κ2) is 7.41. The van der Waals surface area contributed by atoms with Crippen molar-refractivity contribution in [2.75, 3.05) is 11.9 Å². The van der Waals surface area contributed by atoms with Crippen molar-refractivity contribution >= 4 is 27.5 Å². The number of amides is 1. The van der Waals surface area contributed by atoms with Crippen LogP contribution in [0.4, 0.5) is 5.69 Å². The van der Waals surface area contributed by atoms with Crippen molar-refractivity contribution in [3.05, 3.63) is 28.2 Å². The minimum atomic E-state index is 0.0390. The first-order valence-electron chi connectivity index (χ1n) is 6.36. The Balaban J connectivity index is 2.49. The Morgan fingerprint density at radius 2 is 2.00 bits per heavy atom. The molecule has 1 rings (SSSR count). The number of hydrogen-bond acceptors (Lipinski definition) is 2. The van der Waals surface area contributed by atoms with E-state index in [0.29, 0.717) is 6.54 Å². The number of benzene rings is 1. The third kappa shape index (κ3) is 4.69. The summed E-state index contributed by atoms with van der Waals surface area (Å²) in [6, 6.07) is 6.31. The number of carbonyl (C=O) groups is 1. The van der Waals surface area contributed by atoms with Gasteiger partial charge in [-0.05, 0) is 53.4 Å². The average molecular weight is 313 g/mol. The summed E-state index contributed by atoms with van der Waals surface area (Å²) in [6.07, 6.45) is 1.94. The largest absolute Gasteiger partial charge is 0.375 e. The third-order valence-corrected chi connectivity index (χ3v) is 3.60. The molecule has 3 nitrogen and oxygen atoms in total. The summed E-state index contributed by atoms with van der Waals surface area (Å²) in [4.78, 5) is 11.8. The zero-order valence-electron chi connectivity index (χ0n) is 11.2. The molecule has 0 heterocycles. The number of carbonyl (C=O) groups excluding carboxylic acids is 1. The lowest BCUT2D eigenvalue weighted by molar-refractivity contribution is -0.120. The zero-order chi connectivity index (χ0) is 13.5. The molecule has 0 unspecified atom stereocenters. The van der Waals surface area contributed by atoms with E-state index in [9.17, 15) is 4.79 Å².